The molecule has 1 aromatic heterocycles. The van der Waals surface area contributed by atoms with E-state index in [2.05, 4.69) is 4.98 Å². The van der Waals surface area contributed by atoms with Crippen molar-refractivity contribution in [3.05, 3.63) is 17.2 Å². The molecule has 1 fully saturated rings. The highest BCUT2D eigenvalue weighted by Crippen LogP contribution is 2.29. The molecule has 2 rings (SSSR count). The molecule has 2 heterocycles. The van der Waals surface area contributed by atoms with Crippen molar-refractivity contribution in [3.63, 3.8) is 0 Å². The number of piperidine rings is 1. The highest BCUT2D eigenvalue weighted by molar-refractivity contribution is 6.29. The molecule has 20 heavy (non-hydrogen) atoms. The maximum atomic E-state index is 12.0. The largest absolute Gasteiger partial charge is 0.444 e. The van der Waals surface area contributed by atoms with Gasteiger partial charge in [-0.05, 0) is 33.6 Å². The second kappa shape index (κ2) is 5.64. The summed E-state index contributed by atoms with van der Waals surface area (Å²) in [5, 5.41) is 0.648. The predicted octanol–water partition coefficient (Wildman–Crippen LogP) is 3.19. The molecule has 112 valence electrons. The number of hydrogen-bond acceptors (Lipinski definition) is 3. The maximum Gasteiger partial charge on any atom is 0.410 e. The molecule has 0 unspecified atom stereocenters. The third kappa shape index (κ3) is 3.45. The van der Waals surface area contributed by atoms with Gasteiger partial charge in [0.15, 0.2) is 0 Å². The van der Waals surface area contributed by atoms with Crippen LogP contribution in [0.3, 0.4) is 0 Å². The third-order valence-corrected chi connectivity index (χ3v) is 3.83. The summed E-state index contributed by atoms with van der Waals surface area (Å²) in [6.07, 6.45) is 3.23. The highest BCUT2D eigenvalue weighted by Gasteiger charge is 2.29. The van der Waals surface area contributed by atoms with Crippen LogP contribution in [0.15, 0.2) is 6.20 Å². The summed E-state index contributed by atoms with van der Waals surface area (Å²) >= 11 is 6.02. The van der Waals surface area contributed by atoms with Gasteiger partial charge in [-0.2, -0.15) is 0 Å². The minimum Gasteiger partial charge on any atom is -0.444 e. The van der Waals surface area contributed by atoms with E-state index in [-0.39, 0.29) is 6.09 Å². The number of nitrogens with zero attached hydrogens (tertiary/aromatic N) is 3. The molecular weight excluding hydrogens is 278 g/mol. The Bertz CT molecular complexity index is 485. The van der Waals surface area contributed by atoms with E-state index in [1.807, 2.05) is 32.4 Å². The molecule has 0 aromatic carbocycles. The first-order valence-electron chi connectivity index (χ1n) is 6.93. The van der Waals surface area contributed by atoms with Crippen molar-refractivity contribution in [2.75, 3.05) is 13.1 Å². The SMILES string of the molecule is Cn1c(Cl)cnc1C1CCN(C(=O)OC(C)(C)C)CC1. The summed E-state index contributed by atoms with van der Waals surface area (Å²) in [5.74, 6) is 1.35. The van der Waals surface area contributed by atoms with Gasteiger partial charge in [0.2, 0.25) is 0 Å². The standard InChI is InChI=1S/C14H22ClN3O2/c1-14(2,3)20-13(19)18-7-5-10(6-8-18)12-16-9-11(15)17(12)4/h9-10H,5-8H2,1-4H3. The number of halogens is 1. The molecule has 0 bridgehead atoms. The fourth-order valence-electron chi connectivity index (χ4n) is 2.43. The summed E-state index contributed by atoms with van der Waals surface area (Å²) in [4.78, 5) is 18.1. The molecule has 0 atom stereocenters. The number of imidazole rings is 1. The minimum atomic E-state index is -0.443. The molecule has 1 amide bonds. The van der Waals surface area contributed by atoms with Crippen LogP contribution in [0.4, 0.5) is 4.79 Å². The average molecular weight is 300 g/mol. The van der Waals surface area contributed by atoms with E-state index in [1.54, 1.807) is 11.1 Å². The second-order valence-corrected chi connectivity index (χ2v) is 6.63. The van der Waals surface area contributed by atoms with Gasteiger partial charge in [0, 0.05) is 26.1 Å². The average Bonchev–Trinajstić information content (AvgIpc) is 2.68. The summed E-state index contributed by atoms with van der Waals surface area (Å²) in [7, 11) is 1.92. The number of hydrogen-bond donors (Lipinski definition) is 0. The quantitative estimate of drug-likeness (QED) is 0.800. The van der Waals surface area contributed by atoms with Crippen molar-refractivity contribution in [2.45, 2.75) is 45.1 Å². The third-order valence-electron chi connectivity index (χ3n) is 3.48. The summed E-state index contributed by atoms with van der Waals surface area (Å²) in [5.41, 5.74) is -0.443. The Morgan fingerprint density at radius 3 is 2.45 bits per heavy atom. The Kier molecular flexibility index (Phi) is 4.28. The van der Waals surface area contributed by atoms with E-state index in [0.717, 1.165) is 18.7 Å². The monoisotopic (exact) mass is 299 g/mol. The van der Waals surface area contributed by atoms with E-state index >= 15 is 0 Å². The number of aromatic nitrogens is 2. The highest BCUT2D eigenvalue weighted by atomic mass is 35.5. The van der Waals surface area contributed by atoms with Crippen LogP contribution in [0, 0.1) is 0 Å². The fourth-order valence-corrected chi connectivity index (χ4v) is 2.56. The zero-order chi connectivity index (χ0) is 14.9. The number of ether oxygens (including phenoxy) is 1. The van der Waals surface area contributed by atoms with E-state index in [0.29, 0.717) is 24.2 Å². The lowest BCUT2D eigenvalue weighted by molar-refractivity contribution is 0.0202. The Balaban J connectivity index is 1.93. The van der Waals surface area contributed by atoms with Crippen LogP contribution in [0.2, 0.25) is 5.15 Å². The number of carbonyl (C=O) groups excluding carboxylic acids is 1. The van der Waals surface area contributed by atoms with E-state index in [9.17, 15) is 4.79 Å². The van der Waals surface area contributed by atoms with Crippen LogP contribution >= 0.6 is 11.6 Å². The van der Waals surface area contributed by atoms with Gasteiger partial charge in [-0.3, -0.25) is 0 Å². The number of carbonyl (C=O) groups is 1. The molecule has 0 spiro atoms. The topological polar surface area (TPSA) is 47.4 Å². The first-order chi connectivity index (χ1) is 9.28. The van der Waals surface area contributed by atoms with Gasteiger partial charge in [-0.1, -0.05) is 11.6 Å². The smallest absolute Gasteiger partial charge is 0.410 e. The van der Waals surface area contributed by atoms with Crippen molar-refractivity contribution >= 4 is 17.7 Å². The van der Waals surface area contributed by atoms with Gasteiger partial charge in [0.25, 0.3) is 0 Å². The molecule has 6 heteroatoms. The molecule has 0 saturated carbocycles. The molecule has 0 radical (unpaired) electrons. The van der Waals surface area contributed by atoms with Gasteiger partial charge in [-0.25, -0.2) is 9.78 Å². The Hall–Kier alpha value is -1.23. The summed E-state index contributed by atoms with van der Waals surface area (Å²) in [6.45, 7) is 7.04. The molecule has 1 aromatic rings. The van der Waals surface area contributed by atoms with Crippen molar-refractivity contribution in [1.82, 2.24) is 14.5 Å². The van der Waals surface area contributed by atoms with Crippen LogP contribution in [0.1, 0.15) is 45.4 Å². The van der Waals surface area contributed by atoms with Crippen molar-refractivity contribution in [3.8, 4) is 0 Å². The van der Waals surface area contributed by atoms with Crippen LogP contribution in [-0.2, 0) is 11.8 Å². The van der Waals surface area contributed by atoms with Crippen molar-refractivity contribution in [1.29, 1.82) is 0 Å². The summed E-state index contributed by atoms with van der Waals surface area (Å²) < 4.78 is 7.30. The zero-order valence-corrected chi connectivity index (χ0v) is 13.3. The Labute approximate surface area is 124 Å². The van der Waals surface area contributed by atoms with Crippen LogP contribution in [-0.4, -0.2) is 39.2 Å². The molecule has 0 N–H and O–H groups in total. The maximum absolute atomic E-state index is 12.0. The number of rotatable bonds is 1. The van der Waals surface area contributed by atoms with Crippen molar-refractivity contribution < 1.29 is 9.53 Å². The lowest BCUT2D eigenvalue weighted by Gasteiger charge is -2.33. The van der Waals surface area contributed by atoms with E-state index < -0.39 is 5.60 Å². The molecule has 1 aliphatic heterocycles. The predicted molar refractivity (Wildman–Crippen MR) is 78.0 cm³/mol. The Morgan fingerprint density at radius 1 is 1.40 bits per heavy atom. The van der Waals surface area contributed by atoms with E-state index in [1.165, 1.54) is 0 Å². The molecule has 1 aliphatic rings. The minimum absolute atomic E-state index is 0.228. The lowest BCUT2D eigenvalue weighted by atomic mass is 9.96. The zero-order valence-electron chi connectivity index (χ0n) is 12.5. The normalized spacial score (nSPS) is 17.4. The van der Waals surface area contributed by atoms with E-state index in [4.69, 9.17) is 16.3 Å². The number of likely N-dealkylation sites (tertiary alicyclic amines) is 1. The molecule has 5 nitrogen and oxygen atoms in total. The van der Waals surface area contributed by atoms with Crippen LogP contribution < -0.4 is 0 Å². The lowest BCUT2D eigenvalue weighted by Crippen LogP contribution is -2.41. The van der Waals surface area contributed by atoms with Gasteiger partial charge in [0.05, 0.1) is 6.20 Å². The molecule has 0 aliphatic carbocycles. The second-order valence-electron chi connectivity index (χ2n) is 6.24. The summed E-state index contributed by atoms with van der Waals surface area (Å²) in [6, 6.07) is 0. The van der Waals surface area contributed by atoms with Gasteiger partial charge < -0.3 is 14.2 Å². The fraction of sp³-hybridized carbons (Fsp3) is 0.714. The van der Waals surface area contributed by atoms with Gasteiger partial charge in [-0.15, -0.1) is 0 Å². The van der Waals surface area contributed by atoms with Crippen LogP contribution in [0.5, 0.6) is 0 Å². The molecule has 1 saturated heterocycles. The van der Waals surface area contributed by atoms with Crippen molar-refractivity contribution in [2.24, 2.45) is 7.05 Å². The number of amides is 1. The van der Waals surface area contributed by atoms with Gasteiger partial charge >= 0.3 is 6.09 Å². The van der Waals surface area contributed by atoms with Crippen LogP contribution in [0.25, 0.3) is 0 Å². The van der Waals surface area contributed by atoms with Gasteiger partial charge in [0.1, 0.15) is 16.6 Å². The first kappa shape index (κ1) is 15.2. The molecular formula is C14H22ClN3O2. The Morgan fingerprint density at radius 2 is 2.00 bits per heavy atom. The first-order valence-corrected chi connectivity index (χ1v) is 7.31.